The second kappa shape index (κ2) is 6.41. The van der Waals surface area contributed by atoms with E-state index in [9.17, 15) is 5.11 Å². The van der Waals surface area contributed by atoms with Gasteiger partial charge in [0.2, 0.25) is 0 Å². The molecule has 2 heterocycles. The Kier molecular flexibility index (Phi) is 4.36. The van der Waals surface area contributed by atoms with Gasteiger partial charge in [-0.15, -0.1) is 0 Å². The van der Waals surface area contributed by atoms with E-state index in [2.05, 4.69) is 23.0 Å². The van der Waals surface area contributed by atoms with E-state index in [-0.39, 0.29) is 6.61 Å². The number of benzene rings is 1. The first-order valence-electron chi connectivity index (χ1n) is 7.56. The first-order valence-corrected chi connectivity index (χ1v) is 7.56. The maximum atomic E-state index is 9.46. The number of ether oxygens (including phenoxy) is 1. The maximum absolute atomic E-state index is 9.46. The predicted octanol–water partition coefficient (Wildman–Crippen LogP) is 2.59. The normalized spacial score (nSPS) is 16.3. The van der Waals surface area contributed by atoms with Gasteiger partial charge in [-0.3, -0.25) is 0 Å². The molecule has 0 saturated carbocycles. The summed E-state index contributed by atoms with van der Waals surface area (Å²) in [6.45, 7) is 2.77. The quantitative estimate of drug-likeness (QED) is 0.938. The van der Waals surface area contributed by atoms with Crippen LogP contribution < -0.4 is 4.90 Å². The van der Waals surface area contributed by atoms with Crippen LogP contribution in [0.5, 0.6) is 0 Å². The van der Waals surface area contributed by atoms with E-state index >= 15 is 0 Å². The second-order valence-corrected chi connectivity index (χ2v) is 5.75. The van der Waals surface area contributed by atoms with Crippen molar-refractivity contribution in [2.45, 2.75) is 19.4 Å². The first kappa shape index (κ1) is 14.3. The van der Waals surface area contributed by atoms with E-state index in [0.717, 1.165) is 54.8 Å². The maximum Gasteiger partial charge on any atom is 0.136 e. The molecule has 1 aromatic heterocycles. The minimum atomic E-state index is 0.0253. The van der Waals surface area contributed by atoms with Gasteiger partial charge < -0.3 is 14.7 Å². The number of pyridine rings is 1. The van der Waals surface area contributed by atoms with Crippen molar-refractivity contribution < 1.29 is 9.84 Å². The third-order valence-corrected chi connectivity index (χ3v) is 4.26. The molecule has 21 heavy (non-hydrogen) atoms. The Hall–Kier alpha value is -1.65. The molecule has 0 amide bonds. The molecule has 112 valence electrons. The second-order valence-electron chi connectivity index (χ2n) is 5.75. The van der Waals surface area contributed by atoms with E-state index in [0.29, 0.717) is 5.92 Å². The van der Waals surface area contributed by atoms with Crippen molar-refractivity contribution >= 4 is 16.6 Å². The van der Waals surface area contributed by atoms with Crippen molar-refractivity contribution in [3.8, 4) is 0 Å². The summed E-state index contributed by atoms with van der Waals surface area (Å²) in [4.78, 5) is 6.81. The summed E-state index contributed by atoms with van der Waals surface area (Å²) >= 11 is 0. The molecule has 4 nitrogen and oxygen atoms in total. The monoisotopic (exact) mass is 286 g/mol. The van der Waals surface area contributed by atoms with Crippen LogP contribution in [0.3, 0.4) is 0 Å². The molecule has 3 rings (SSSR count). The van der Waals surface area contributed by atoms with Crippen LogP contribution in [0.2, 0.25) is 0 Å². The molecule has 0 atom stereocenters. The van der Waals surface area contributed by atoms with Crippen LogP contribution >= 0.6 is 0 Å². The summed E-state index contributed by atoms with van der Waals surface area (Å²) in [5, 5.41) is 11.7. The lowest BCUT2D eigenvalue weighted by molar-refractivity contribution is 0.0685. The number of hydrogen-bond acceptors (Lipinski definition) is 4. The molecule has 0 bridgehead atoms. The van der Waals surface area contributed by atoms with Crippen molar-refractivity contribution in [3.05, 3.63) is 36.0 Å². The van der Waals surface area contributed by atoms with Crippen LogP contribution in [0.1, 0.15) is 18.4 Å². The Labute approximate surface area is 125 Å². The Morgan fingerprint density at radius 2 is 1.95 bits per heavy atom. The predicted molar refractivity (Wildman–Crippen MR) is 84.5 cm³/mol. The van der Waals surface area contributed by atoms with Crippen molar-refractivity contribution in [1.82, 2.24) is 4.98 Å². The van der Waals surface area contributed by atoms with Gasteiger partial charge in [-0.05, 0) is 24.1 Å². The Balaban J connectivity index is 1.89. The van der Waals surface area contributed by atoms with E-state index in [4.69, 9.17) is 4.74 Å². The lowest BCUT2D eigenvalue weighted by atomic mass is 9.99. The van der Waals surface area contributed by atoms with Gasteiger partial charge >= 0.3 is 0 Å². The number of aliphatic hydroxyl groups is 1. The molecule has 2 aromatic rings. The molecular weight excluding hydrogens is 264 g/mol. The number of anilines is 1. The van der Waals surface area contributed by atoms with Crippen LogP contribution in [0.4, 0.5) is 5.82 Å². The van der Waals surface area contributed by atoms with Gasteiger partial charge in [-0.25, -0.2) is 4.98 Å². The summed E-state index contributed by atoms with van der Waals surface area (Å²) in [5.41, 5.74) is 0.883. The molecule has 0 radical (unpaired) electrons. The average molecular weight is 286 g/mol. The fraction of sp³-hybridized carbons (Fsp3) is 0.471. The molecule has 0 aliphatic carbocycles. The SMILES string of the molecule is CN(CC1CCOCC1)c1ncc(CO)c2ccccc12. The van der Waals surface area contributed by atoms with E-state index in [1.54, 1.807) is 6.20 Å². The summed E-state index contributed by atoms with van der Waals surface area (Å²) in [6, 6.07) is 8.16. The first-order chi connectivity index (χ1) is 10.3. The number of aliphatic hydroxyl groups excluding tert-OH is 1. The highest BCUT2D eigenvalue weighted by atomic mass is 16.5. The third kappa shape index (κ3) is 3.01. The number of aromatic nitrogens is 1. The van der Waals surface area contributed by atoms with Gasteiger partial charge in [-0.2, -0.15) is 0 Å². The fourth-order valence-electron chi connectivity index (χ4n) is 3.07. The van der Waals surface area contributed by atoms with Gasteiger partial charge in [0.05, 0.1) is 6.61 Å². The van der Waals surface area contributed by atoms with Gasteiger partial charge in [0, 0.05) is 44.0 Å². The minimum absolute atomic E-state index is 0.0253. The van der Waals surface area contributed by atoms with E-state index < -0.39 is 0 Å². The average Bonchev–Trinajstić information content (AvgIpc) is 2.54. The van der Waals surface area contributed by atoms with Crippen molar-refractivity contribution in [2.75, 3.05) is 31.7 Å². The molecular formula is C17H22N2O2. The highest BCUT2D eigenvalue weighted by Gasteiger charge is 2.18. The summed E-state index contributed by atoms with van der Waals surface area (Å²) < 4.78 is 5.43. The van der Waals surface area contributed by atoms with Crippen LogP contribution in [0.25, 0.3) is 10.8 Å². The number of fused-ring (bicyclic) bond motifs is 1. The molecule has 4 heteroatoms. The highest BCUT2D eigenvalue weighted by Crippen LogP contribution is 2.28. The molecule has 1 fully saturated rings. The van der Waals surface area contributed by atoms with E-state index in [1.165, 1.54) is 0 Å². The van der Waals surface area contributed by atoms with Crippen molar-refractivity contribution in [2.24, 2.45) is 5.92 Å². The van der Waals surface area contributed by atoms with Crippen molar-refractivity contribution in [3.63, 3.8) is 0 Å². The van der Waals surface area contributed by atoms with E-state index in [1.807, 2.05) is 18.2 Å². The number of rotatable bonds is 4. The zero-order chi connectivity index (χ0) is 14.7. The minimum Gasteiger partial charge on any atom is -0.392 e. The molecule has 1 saturated heterocycles. The summed E-state index contributed by atoms with van der Waals surface area (Å²) in [5.74, 6) is 1.66. The standard InChI is InChI=1S/C17H22N2O2/c1-19(11-13-6-8-21-9-7-13)17-16-5-3-2-4-15(16)14(12-20)10-18-17/h2-5,10,13,20H,6-9,11-12H2,1H3. The Morgan fingerprint density at radius 3 is 2.67 bits per heavy atom. The number of nitrogens with zero attached hydrogens (tertiary/aromatic N) is 2. The molecule has 1 aliphatic rings. The summed E-state index contributed by atoms with van der Waals surface area (Å²) in [6.07, 6.45) is 4.03. The Morgan fingerprint density at radius 1 is 1.24 bits per heavy atom. The zero-order valence-corrected chi connectivity index (χ0v) is 12.5. The Bertz CT molecular complexity index is 609. The molecule has 0 unspecified atom stereocenters. The van der Waals surface area contributed by atoms with Gasteiger partial charge in [0.25, 0.3) is 0 Å². The van der Waals surface area contributed by atoms with Crippen LogP contribution in [-0.2, 0) is 11.3 Å². The molecule has 1 N–H and O–H groups in total. The van der Waals surface area contributed by atoms with Gasteiger partial charge in [0.1, 0.15) is 5.82 Å². The van der Waals surface area contributed by atoms with Crippen LogP contribution in [0.15, 0.2) is 30.5 Å². The fourth-order valence-corrected chi connectivity index (χ4v) is 3.07. The highest BCUT2D eigenvalue weighted by molar-refractivity contribution is 5.94. The van der Waals surface area contributed by atoms with Crippen LogP contribution in [-0.4, -0.2) is 36.9 Å². The molecule has 0 spiro atoms. The smallest absolute Gasteiger partial charge is 0.136 e. The molecule has 1 aromatic carbocycles. The zero-order valence-electron chi connectivity index (χ0n) is 12.5. The molecule has 1 aliphatic heterocycles. The van der Waals surface area contributed by atoms with Crippen molar-refractivity contribution in [1.29, 1.82) is 0 Å². The van der Waals surface area contributed by atoms with Gasteiger partial charge in [-0.1, -0.05) is 24.3 Å². The number of hydrogen-bond donors (Lipinski definition) is 1. The third-order valence-electron chi connectivity index (χ3n) is 4.26. The lowest BCUT2D eigenvalue weighted by Gasteiger charge is -2.28. The topological polar surface area (TPSA) is 45.6 Å². The van der Waals surface area contributed by atoms with Gasteiger partial charge in [0.15, 0.2) is 0 Å². The van der Waals surface area contributed by atoms with Crippen LogP contribution in [0, 0.1) is 5.92 Å². The summed E-state index contributed by atoms with van der Waals surface area (Å²) in [7, 11) is 2.10. The largest absolute Gasteiger partial charge is 0.392 e. The lowest BCUT2D eigenvalue weighted by Crippen LogP contribution is -2.30.